The van der Waals surface area contributed by atoms with Crippen molar-refractivity contribution < 1.29 is 4.79 Å². The number of rotatable bonds is 3. The Kier molecular flexibility index (Phi) is 4.04. The van der Waals surface area contributed by atoms with Crippen molar-refractivity contribution in [3.63, 3.8) is 0 Å². The van der Waals surface area contributed by atoms with Gasteiger partial charge in [-0.1, -0.05) is 26.3 Å². The van der Waals surface area contributed by atoms with Crippen LogP contribution in [-0.4, -0.2) is 25.0 Å². The molecule has 1 aliphatic carbocycles. The molecule has 21 heavy (non-hydrogen) atoms. The second kappa shape index (κ2) is 5.96. The maximum absolute atomic E-state index is 12.6. The minimum atomic E-state index is 0.0525. The summed E-state index contributed by atoms with van der Waals surface area (Å²) in [6, 6.07) is 6.19. The fraction of sp³-hybridized carbons (Fsp3) is 0.588. The van der Waals surface area contributed by atoms with E-state index in [0.717, 1.165) is 42.4 Å². The van der Waals surface area contributed by atoms with Crippen LogP contribution >= 0.6 is 0 Å². The third-order valence-corrected chi connectivity index (χ3v) is 5.12. The Hall–Kier alpha value is -1.71. The van der Waals surface area contributed by atoms with Crippen molar-refractivity contribution in [2.24, 2.45) is 11.8 Å². The Balaban J connectivity index is 1.74. The molecule has 1 heterocycles. The number of benzene rings is 1. The van der Waals surface area contributed by atoms with Gasteiger partial charge in [0, 0.05) is 19.1 Å². The van der Waals surface area contributed by atoms with Crippen LogP contribution in [0.4, 0.5) is 11.4 Å². The molecule has 4 heteroatoms. The zero-order chi connectivity index (χ0) is 14.8. The van der Waals surface area contributed by atoms with Gasteiger partial charge in [0.15, 0.2) is 0 Å². The summed E-state index contributed by atoms with van der Waals surface area (Å²) >= 11 is 0. The molecular weight excluding hydrogens is 262 g/mol. The molecule has 1 fully saturated rings. The molecule has 1 amide bonds. The number of fused-ring (bicyclic) bond motifs is 1. The van der Waals surface area contributed by atoms with E-state index in [1.54, 1.807) is 0 Å². The number of hydrogen-bond donors (Lipinski definition) is 3. The highest BCUT2D eigenvalue weighted by molar-refractivity contribution is 6.03. The highest BCUT2D eigenvalue weighted by atomic mass is 16.1. The van der Waals surface area contributed by atoms with Crippen molar-refractivity contribution in [3.05, 3.63) is 23.8 Å². The van der Waals surface area contributed by atoms with Gasteiger partial charge < -0.3 is 16.0 Å². The van der Waals surface area contributed by atoms with Crippen LogP contribution in [0.3, 0.4) is 0 Å². The molecule has 114 valence electrons. The molecular formula is C17H25N3O. The zero-order valence-corrected chi connectivity index (χ0v) is 12.9. The lowest BCUT2D eigenvalue weighted by Gasteiger charge is -2.24. The number of para-hydroxylation sites is 1. The van der Waals surface area contributed by atoms with Crippen molar-refractivity contribution in [1.82, 2.24) is 5.32 Å². The lowest BCUT2D eigenvalue weighted by Crippen LogP contribution is -2.38. The highest BCUT2D eigenvalue weighted by Gasteiger charge is 2.33. The summed E-state index contributed by atoms with van der Waals surface area (Å²) in [5.74, 6) is 1.38. The van der Waals surface area contributed by atoms with Crippen molar-refractivity contribution in [1.29, 1.82) is 0 Å². The van der Waals surface area contributed by atoms with Crippen LogP contribution in [-0.2, 0) is 0 Å². The first-order chi connectivity index (χ1) is 10.2. The van der Waals surface area contributed by atoms with Gasteiger partial charge in [-0.15, -0.1) is 0 Å². The topological polar surface area (TPSA) is 53.2 Å². The molecule has 1 aromatic carbocycles. The molecule has 0 aromatic heterocycles. The molecule has 0 radical (unpaired) electrons. The van der Waals surface area contributed by atoms with Gasteiger partial charge in [0.1, 0.15) is 0 Å². The fourth-order valence-electron chi connectivity index (χ4n) is 3.74. The van der Waals surface area contributed by atoms with Crippen LogP contribution in [0, 0.1) is 11.8 Å². The first-order valence-corrected chi connectivity index (χ1v) is 8.12. The van der Waals surface area contributed by atoms with Crippen LogP contribution < -0.4 is 16.0 Å². The lowest BCUT2D eigenvalue weighted by atomic mass is 9.93. The van der Waals surface area contributed by atoms with E-state index in [-0.39, 0.29) is 5.91 Å². The third-order valence-electron chi connectivity index (χ3n) is 5.12. The Labute approximate surface area is 126 Å². The van der Waals surface area contributed by atoms with Crippen LogP contribution in [0.15, 0.2) is 18.2 Å². The minimum Gasteiger partial charge on any atom is -0.382 e. The standard InChI is InChI=1S/C17H25N3O/c1-3-12-7-8-14(11(12)2)20-17(21)13-5-4-6-15-16(13)19-10-9-18-15/h4-6,11-12,14,18-19H,3,7-10H2,1-2H3,(H,20,21). The van der Waals surface area contributed by atoms with Gasteiger partial charge in [-0.25, -0.2) is 0 Å². The predicted octanol–water partition coefficient (Wildman–Crippen LogP) is 3.08. The number of amides is 1. The van der Waals surface area contributed by atoms with Gasteiger partial charge >= 0.3 is 0 Å². The molecule has 0 saturated heterocycles. The average Bonchev–Trinajstić information content (AvgIpc) is 2.87. The van der Waals surface area contributed by atoms with Gasteiger partial charge in [0.2, 0.25) is 0 Å². The number of carbonyl (C=O) groups is 1. The summed E-state index contributed by atoms with van der Waals surface area (Å²) in [4.78, 5) is 12.6. The number of carbonyl (C=O) groups excluding carboxylic acids is 1. The molecule has 3 N–H and O–H groups in total. The van der Waals surface area contributed by atoms with Gasteiger partial charge in [0.05, 0.1) is 16.9 Å². The number of nitrogens with one attached hydrogen (secondary N) is 3. The molecule has 3 rings (SSSR count). The molecule has 3 unspecified atom stereocenters. The van der Waals surface area contributed by atoms with Gasteiger partial charge in [-0.05, 0) is 36.8 Å². The molecule has 2 aliphatic rings. The summed E-state index contributed by atoms with van der Waals surface area (Å²) in [5.41, 5.74) is 2.73. The molecule has 1 saturated carbocycles. The van der Waals surface area contributed by atoms with Crippen molar-refractivity contribution in [2.75, 3.05) is 23.7 Å². The quantitative estimate of drug-likeness (QED) is 0.801. The van der Waals surface area contributed by atoms with E-state index < -0.39 is 0 Å². The maximum Gasteiger partial charge on any atom is 0.253 e. The summed E-state index contributed by atoms with van der Waals surface area (Å²) in [7, 11) is 0. The Morgan fingerprint density at radius 2 is 2.10 bits per heavy atom. The highest BCUT2D eigenvalue weighted by Crippen LogP contribution is 2.34. The number of hydrogen-bond acceptors (Lipinski definition) is 3. The number of anilines is 2. The van der Waals surface area contributed by atoms with Crippen LogP contribution in [0.25, 0.3) is 0 Å². The predicted molar refractivity (Wildman–Crippen MR) is 86.9 cm³/mol. The molecule has 0 bridgehead atoms. The maximum atomic E-state index is 12.6. The van der Waals surface area contributed by atoms with E-state index in [0.29, 0.717) is 12.0 Å². The summed E-state index contributed by atoms with van der Waals surface area (Å²) < 4.78 is 0. The van der Waals surface area contributed by atoms with Gasteiger partial charge in [-0.2, -0.15) is 0 Å². The summed E-state index contributed by atoms with van der Waals surface area (Å²) in [6.45, 7) is 6.27. The van der Waals surface area contributed by atoms with Crippen molar-refractivity contribution >= 4 is 17.3 Å². The van der Waals surface area contributed by atoms with Gasteiger partial charge in [-0.3, -0.25) is 4.79 Å². The van der Waals surface area contributed by atoms with Crippen molar-refractivity contribution in [2.45, 2.75) is 39.2 Å². The lowest BCUT2D eigenvalue weighted by molar-refractivity contribution is 0.0927. The Morgan fingerprint density at radius 3 is 2.86 bits per heavy atom. The van der Waals surface area contributed by atoms with Crippen LogP contribution in [0.1, 0.15) is 43.5 Å². The van der Waals surface area contributed by atoms with Crippen molar-refractivity contribution in [3.8, 4) is 0 Å². The average molecular weight is 287 g/mol. The van der Waals surface area contributed by atoms with E-state index in [2.05, 4.69) is 29.8 Å². The van der Waals surface area contributed by atoms with Crippen LogP contribution in [0.5, 0.6) is 0 Å². The van der Waals surface area contributed by atoms with Gasteiger partial charge in [0.25, 0.3) is 5.91 Å². The fourth-order valence-corrected chi connectivity index (χ4v) is 3.74. The zero-order valence-electron chi connectivity index (χ0n) is 12.9. The monoisotopic (exact) mass is 287 g/mol. The normalized spacial score (nSPS) is 27.4. The van der Waals surface area contributed by atoms with E-state index in [1.807, 2.05) is 18.2 Å². The molecule has 3 atom stereocenters. The van der Waals surface area contributed by atoms with E-state index >= 15 is 0 Å². The summed E-state index contributed by atoms with van der Waals surface area (Å²) in [6.07, 6.45) is 3.54. The molecule has 4 nitrogen and oxygen atoms in total. The Morgan fingerprint density at radius 1 is 1.29 bits per heavy atom. The Bertz CT molecular complexity index is 529. The molecule has 0 spiro atoms. The first kappa shape index (κ1) is 14.2. The van der Waals surface area contributed by atoms with E-state index in [9.17, 15) is 4.79 Å². The third kappa shape index (κ3) is 2.71. The SMILES string of the molecule is CCC1CCC(NC(=O)c2cccc3c2NCCN3)C1C. The second-order valence-electron chi connectivity index (χ2n) is 6.27. The van der Waals surface area contributed by atoms with E-state index in [4.69, 9.17) is 0 Å². The largest absolute Gasteiger partial charge is 0.382 e. The second-order valence-corrected chi connectivity index (χ2v) is 6.27. The minimum absolute atomic E-state index is 0.0525. The van der Waals surface area contributed by atoms with Crippen LogP contribution in [0.2, 0.25) is 0 Å². The molecule has 1 aromatic rings. The first-order valence-electron chi connectivity index (χ1n) is 8.12. The summed E-state index contributed by atoms with van der Waals surface area (Å²) in [5, 5.41) is 9.93. The molecule has 1 aliphatic heterocycles. The smallest absolute Gasteiger partial charge is 0.253 e. The van der Waals surface area contributed by atoms with E-state index in [1.165, 1.54) is 12.8 Å².